The quantitative estimate of drug-likeness (QED) is 0.946. The van der Waals surface area contributed by atoms with E-state index in [0.717, 1.165) is 6.42 Å². The molecule has 1 N–H and O–H groups in total. The summed E-state index contributed by atoms with van der Waals surface area (Å²) in [7, 11) is 0. The Morgan fingerprint density at radius 3 is 2.68 bits per heavy atom. The van der Waals surface area contributed by atoms with Crippen LogP contribution in [0.1, 0.15) is 27.7 Å². The molecule has 22 heavy (non-hydrogen) atoms. The van der Waals surface area contributed by atoms with Crippen molar-refractivity contribution in [2.24, 2.45) is 0 Å². The molecule has 1 aliphatic rings. The number of nitrogens with one attached hydrogen (secondary N) is 1. The maximum Gasteiger partial charge on any atom is 0.261 e. The van der Waals surface area contributed by atoms with Gasteiger partial charge in [-0.1, -0.05) is 30.3 Å². The Bertz CT molecular complexity index is 682. The molecule has 0 aliphatic carbocycles. The van der Waals surface area contributed by atoms with Gasteiger partial charge in [-0.25, -0.2) is 0 Å². The lowest BCUT2D eigenvalue weighted by atomic mass is 9.99. The molecule has 0 fully saturated rings. The van der Waals surface area contributed by atoms with Crippen LogP contribution in [0.2, 0.25) is 0 Å². The summed E-state index contributed by atoms with van der Waals surface area (Å²) in [6, 6.07) is 11.3. The van der Waals surface area contributed by atoms with Crippen molar-refractivity contribution >= 4 is 23.2 Å². The summed E-state index contributed by atoms with van der Waals surface area (Å²) in [5.41, 5.74) is 2.50. The van der Waals surface area contributed by atoms with Gasteiger partial charge < -0.3 is 10.2 Å². The minimum atomic E-state index is -0.514. The van der Waals surface area contributed by atoms with E-state index in [1.54, 1.807) is 13.0 Å². The van der Waals surface area contributed by atoms with E-state index in [0.29, 0.717) is 18.0 Å². The van der Waals surface area contributed by atoms with E-state index < -0.39 is 6.04 Å². The zero-order chi connectivity index (χ0) is 15.5. The average Bonchev–Trinajstić information content (AvgIpc) is 3.08. The number of hydrogen-bond donors (Lipinski definition) is 1. The highest BCUT2D eigenvalue weighted by Gasteiger charge is 2.25. The lowest BCUT2D eigenvalue weighted by Gasteiger charge is -2.31. The topological polar surface area (TPSA) is 49.4 Å². The number of amides is 2. The lowest BCUT2D eigenvalue weighted by molar-refractivity contribution is -0.133. The first-order chi connectivity index (χ1) is 10.6. The Labute approximate surface area is 133 Å². The van der Waals surface area contributed by atoms with Gasteiger partial charge in [-0.15, -0.1) is 11.3 Å². The first kappa shape index (κ1) is 14.8. The summed E-state index contributed by atoms with van der Waals surface area (Å²) in [6.07, 6.45) is 0.869. The van der Waals surface area contributed by atoms with Crippen molar-refractivity contribution in [1.82, 2.24) is 10.2 Å². The standard InChI is InChI=1S/C17H18N2O2S/c1-12(18-16(20)15-7-4-10-22-15)17(21)19-9-8-13-5-2-3-6-14(13)11-19/h2-7,10,12H,8-9,11H2,1H3,(H,18,20)/t12-/m1/s1. The van der Waals surface area contributed by atoms with Gasteiger partial charge in [0.25, 0.3) is 5.91 Å². The molecule has 0 bridgehead atoms. The molecule has 1 aromatic carbocycles. The number of benzene rings is 1. The van der Waals surface area contributed by atoms with Crippen LogP contribution in [0.4, 0.5) is 0 Å². The molecule has 2 heterocycles. The van der Waals surface area contributed by atoms with Gasteiger partial charge in [-0.2, -0.15) is 0 Å². The van der Waals surface area contributed by atoms with Crippen LogP contribution in [0.5, 0.6) is 0 Å². The van der Waals surface area contributed by atoms with E-state index >= 15 is 0 Å². The molecular weight excluding hydrogens is 296 g/mol. The van der Waals surface area contributed by atoms with Crippen LogP contribution in [-0.4, -0.2) is 29.3 Å². The third-order valence-electron chi connectivity index (χ3n) is 3.91. The average molecular weight is 314 g/mol. The van der Waals surface area contributed by atoms with Gasteiger partial charge in [0, 0.05) is 13.1 Å². The van der Waals surface area contributed by atoms with Crippen molar-refractivity contribution in [2.75, 3.05) is 6.54 Å². The Hall–Kier alpha value is -2.14. The van der Waals surface area contributed by atoms with E-state index in [1.165, 1.54) is 22.5 Å². The van der Waals surface area contributed by atoms with Crippen molar-refractivity contribution in [3.63, 3.8) is 0 Å². The summed E-state index contributed by atoms with van der Waals surface area (Å²) in [5.74, 6) is -0.215. The second-order valence-corrected chi connectivity index (χ2v) is 6.40. The first-order valence-electron chi connectivity index (χ1n) is 7.35. The molecule has 5 heteroatoms. The van der Waals surface area contributed by atoms with E-state index in [9.17, 15) is 9.59 Å². The van der Waals surface area contributed by atoms with Gasteiger partial charge in [-0.3, -0.25) is 9.59 Å². The van der Waals surface area contributed by atoms with Crippen LogP contribution < -0.4 is 5.32 Å². The van der Waals surface area contributed by atoms with Crippen LogP contribution in [0, 0.1) is 0 Å². The molecule has 114 valence electrons. The van der Waals surface area contributed by atoms with Crippen LogP contribution in [-0.2, 0) is 17.8 Å². The van der Waals surface area contributed by atoms with Crippen molar-refractivity contribution < 1.29 is 9.59 Å². The van der Waals surface area contributed by atoms with Crippen molar-refractivity contribution in [1.29, 1.82) is 0 Å². The van der Waals surface area contributed by atoms with E-state index in [2.05, 4.69) is 17.4 Å². The fourth-order valence-corrected chi connectivity index (χ4v) is 3.32. The molecule has 0 saturated carbocycles. The van der Waals surface area contributed by atoms with Gasteiger partial charge in [0.15, 0.2) is 0 Å². The number of nitrogens with zero attached hydrogens (tertiary/aromatic N) is 1. The minimum absolute atomic E-state index is 0.0283. The van der Waals surface area contributed by atoms with E-state index in [1.807, 2.05) is 28.5 Å². The molecule has 1 aromatic heterocycles. The van der Waals surface area contributed by atoms with Crippen molar-refractivity contribution in [2.45, 2.75) is 25.9 Å². The Balaban J connectivity index is 1.63. The fraction of sp³-hybridized carbons (Fsp3) is 0.294. The molecule has 3 rings (SSSR count). The lowest BCUT2D eigenvalue weighted by Crippen LogP contribution is -2.48. The SMILES string of the molecule is C[C@@H](NC(=O)c1cccs1)C(=O)N1CCc2ccccc2C1. The highest BCUT2D eigenvalue weighted by atomic mass is 32.1. The Kier molecular flexibility index (Phi) is 4.24. The summed E-state index contributed by atoms with van der Waals surface area (Å²) >= 11 is 1.37. The predicted octanol–water partition coefficient (Wildman–Crippen LogP) is 2.45. The van der Waals surface area contributed by atoms with E-state index in [4.69, 9.17) is 0 Å². The number of carbonyl (C=O) groups is 2. The summed E-state index contributed by atoms with van der Waals surface area (Å²) in [4.78, 5) is 27.0. The second-order valence-electron chi connectivity index (χ2n) is 5.45. The number of hydrogen-bond acceptors (Lipinski definition) is 3. The van der Waals surface area contributed by atoms with Gasteiger partial charge >= 0.3 is 0 Å². The fourth-order valence-electron chi connectivity index (χ4n) is 2.69. The third-order valence-corrected chi connectivity index (χ3v) is 4.77. The number of thiophene rings is 1. The maximum atomic E-state index is 12.5. The molecule has 2 amide bonds. The third kappa shape index (κ3) is 3.04. The zero-order valence-corrected chi connectivity index (χ0v) is 13.2. The van der Waals surface area contributed by atoms with Crippen LogP contribution in [0.25, 0.3) is 0 Å². The number of carbonyl (C=O) groups excluding carboxylic acids is 2. The highest BCUT2D eigenvalue weighted by molar-refractivity contribution is 7.12. The first-order valence-corrected chi connectivity index (χ1v) is 8.23. The number of fused-ring (bicyclic) bond motifs is 1. The van der Waals surface area contributed by atoms with Gasteiger partial charge in [0.1, 0.15) is 6.04 Å². The van der Waals surface area contributed by atoms with Crippen LogP contribution in [0.15, 0.2) is 41.8 Å². The molecule has 0 radical (unpaired) electrons. The molecule has 0 spiro atoms. The van der Waals surface area contributed by atoms with Gasteiger partial charge in [0.2, 0.25) is 5.91 Å². The van der Waals surface area contributed by atoms with E-state index in [-0.39, 0.29) is 11.8 Å². The largest absolute Gasteiger partial charge is 0.340 e. The molecule has 1 atom stereocenters. The predicted molar refractivity (Wildman–Crippen MR) is 86.8 cm³/mol. The van der Waals surface area contributed by atoms with Gasteiger partial charge in [-0.05, 0) is 35.9 Å². The van der Waals surface area contributed by atoms with Gasteiger partial charge in [0.05, 0.1) is 4.88 Å². The summed E-state index contributed by atoms with van der Waals surface area (Å²) in [6.45, 7) is 3.07. The van der Waals surface area contributed by atoms with Crippen molar-refractivity contribution in [3.8, 4) is 0 Å². The molecule has 0 unspecified atom stereocenters. The maximum absolute atomic E-state index is 12.5. The summed E-state index contributed by atoms with van der Waals surface area (Å²) < 4.78 is 0. The molecule has 4 nitrogen and oxygen atoms in total. The molecule has 1 aliphatic heterocycles. The molecule has 0 saturated heterocycles. The number of rotatable bonds is 3. The monoisotopic (exact) mass is 314 g/mol. The van der Waals surface area contributed by atoms with Crippen LogP contribution >= 0.6 is 11.3 Å². The minimum Gasteiger partial charge on any atom is -0.340 e. The zero-order valence-electron chi connectivity index (χ0n) is 12.4. The molecular formula is C17H18N2O2S. The molecule has 2 aromatic rings. The van der Waals surface area contributed by atoms with Crippen LogP contribution in [0.3, 0.4) is 0 Å². The Morgan fingerprint density at radius 1 is 1.18 bits per heavy atom. The summed E-state index contributed by atoms with van der Waals surface area (Å²) in [5, 5.41) is 4.63. The smallest absolute Gasteiger partial charge is 0.261 e. The highest BCUT2D eigenvalue weighted by Crippen LogP contribution is 2.19. The van der Waals surface area contributed by atoms with Crippen molar-refractivity contribution in [3.05, 3.63) is 57.8 Å². The normalized spacial score (nSPS) is 15.0. The second kappa shape index (κ2) is 6.32. The Morgan fingerprint density at radius 2 is 1.95 bits per heavy atom.